The number of hydrogen-bond acceptors (Lipinski definition) is 6. The van der Waals surface area contributed by atoms with E-state index in [0.717, 1.165) is 30.3 Å². The molecule has 0 unspecified atom stereocenters. The molecule has 148 valence electrons. The molecule has 1 aromatic carbocycles. The van der Waals surface area contributed by atoms with Crippen LogP contribution in [0.25, 0.3) is 0 Å². The van der Waals surface area contributed by atoms with Gasteiger partial charge in [-0.25, -0.2) is 9.97 Å². The molecule has 2 aromatic rings. The molecule has 1 saturated heterocycles. The number of ether oxygens (including phenoxy) is 1. The van der Waals surface area contributed by atoms with E-state index in [1.807, 2.05) is 17.0 Å². The van der Waals surface area contributed by atoms with Gasteiger partial charge in [-0.1, -0.05) is 12.8 Å². The molecular formula is C21H27N5O2. The number of carbonyl (C=O) groups is 1. The van der Waals surface area contributed by atoms with E-state index in [1.54, 1.807) is 13.2 Å². The van der Waals surface area contributed by atoms with Crippen LogP contribution in [-0.2, 0) is 0 Å². The molecule has 2 fully saturated rings. The summed E-state index contributed by atoms with van der Waals surface area (Å²) in [7, 11) is 1.67. The fourth-order valence-corrected chi connectivity index (χ4v) is 3.96. The fourth-order valence-electron chi connectivity index (χ4n) is 3.96. The maximum atomic E-state index is 12.9. The van der Waals surface area contributed by atoms with Gasteiger partial charge >= 0.3 is 0 Å². The molecule has 2 heterocycles. The predicted octanol–water partition coefficient (Wildman–Crippen LogP) is 2.80. The van der Waals surface area contributed by atoms with Gasteiger partial charge in [0.15, 0.2) is 0 Å². The number of hydrogen-bond donors (Lipinski definition) is 1. The van der Waals surface area contributed by atoms with Crippen molar-refractivity contribution >= 4 is 17.4 Å². The van der Waals surface area contributed by atoms with E-state index in [4.69, 9.17) is 4.74 Å². The molecule has 1 aliphatic carbocycles. The Morgan fingerprint density at radius 2 is 1.79 bits per heavy atom. The highest BCUT2D eigenvalue weighted by atomic mass is 16.5. The summed E-state index contributed by atoms with van der Waals surface area (Å²) in [4.78, 5) is 25.6. The minimum absolute atomic E-state index is 0.0220. The molecule has 1 aromatic heterocycles. The minimum atomic E-state index is -0.0220. The van der Waals surface area contributed by atoms with Gasteiger partial charge in [-0.2, -0.15) is 0 Å². The Morgan fingerprint density at radius 1 is 1.07 bits per heavy atom. The van der Waals surface area contributed by atoms with Crippen molar-refractivity contribution in [3.8, 4) is 5.75 Å². The third kappa shape index (κ3) is 4.18. The second-order valence-corrected chi connectivity index (χ2v) is 7.39. The molecule has 0 spiro atoms. The number of piperazine rings is 1. The van der Waals surface area contributed by atoms with Gasteiger partial charge in [0, 0.05) is 44.0 Å². The summed E-state index contributed by atoms with van der Waals surface area (Å²) in [5, 5.41) is 3.44. The Hall–Kier alpha value is -2.83. The van der Waals surface area contributed by atoms with Crippen LogP contribution in [0, 0.1) is 0 Å². The van der Waals surface area contributed by atoms with Crippen LogP contribution in [0.4, 0.5) is 11.5 Å². The van der Waals surface area contributed by atoms with Gasteiger partial charge in [-0.05, 0) is 37.1 Å². The summed E-state index contributed by atoms with van der Waals surface area (Å²) in [6.45, 7) is 2.97. The van der Waals surface area contributed by atoms with Crippen molar-refractivity contribution in [1.82, 2.24) is 14.9 Å². The van der Waals surface area contributed by atoms with E-state index >= 15 is 0 Å². The highest BCUT2D eigenvalue weighted by molar-refractivity contribution is 5.93. The van der Waals surface area contributed by atoms with Crippen molar-refractivity contribution in [1.29, 1.82) is 0 Å². The third-order valence-corrected chi connectivity index (χ3v) is 5.60. The topological polar surface area (TPSA) is 70.6 Å². The largest absolute Gasteiger partial charge is 0.497 e. The normalized spacial score (nSPS) is 17.6. The fraction of sp³-hybridized carbons (Fsp3) is 0.476. The Balaban J connectivity index is 1.35. The summed E-state index contributed by atoms with van der Waals surface area (Å²) < 4.78 is 5.22. The number of rotatable bonds is 5. The molecule has 0 radical (unpaired) electrons. The number of anilines is 2. The second kappa shape index (κ2) is 8.46. The first-order valence-electron chi connectivity index (χ1n) is 10.00. The number of nitrogens with zero attached hydrogens (tertiary/aromatic N) is 4. The summed E-state index contributed by atoms with van der Waals surface area (Å²) in [5.41, 5.74) is 1.62. The average Bonchev–Trinajstić information content (AvgIpc) is 3.27. The lowest BCUT2D eigenvalue weighted by Gasteiger charge is -2.36. The predicted molar refractivity (Wildman–Crippen MR) is 109 cm³/mol. The summed E-state index contributed by atoms with van der Waals surface area (Å²) in [6.07, 6.45) is 6.33. The van der Waals surface area contributed by atoms with Crippen LogP contribution in [0.15, 0.2) is 36.7 Å². The van der Waals surface area contributed by atoms with Gasteiger partial charge in [0.1, 0.15) is 23.6 Å². The lowest BCUT2D eigenvalue weighted by molar-refractivity contribution is 0.0740. The van der Waals surface area contributed by atoms with E-state index < -0.39 is 0 Å². The highest BCUT2D eigenvalue weighted by Crippen LogP contribution is 2.23. The number of carbonyl (C=O) groups excluding carboxylic acids is 1. The van der Waals surface area contributed by atoms with Crippen LogP contribution in [0.1, 0.15) is 36.2 Å². The molecule has 1 N–H and O–H groups in total. The maximum Gasteiger partial charge on any atom is 0.272 e. The number of benzene rings is 1. The van der Waals surface area contributed by atoms with Gasteiger partial charge in [-0.3, -0.25) is 4.79 Å². The number of amides is 1. The molecule has 4 rings (SSSR count). The molecule has 28 heavy (non-hydrogen) atoms. The van der Waals surface area contributed by atoms with Gasteiger partial charge in [0.05, 0.1) is 7.11 Å². The zero-order chi connectivity index (χ0) is 19.3. The van der Waals surface area contributed by atoms with Crippen LogP contribution in [0.3, 0.4) is 0 Å². The van der Waals surface area contributed by atoms with Gasteiger partial charge < -0.3 is 19.9 Å². The van der Waals surface area contributed by atoms with Gasteiger partial charge in [0.2, 0.25) is 0 Å². The quantitative estimate of drug-likeness (QED) is 0.859. The first-order chi connectivity index (χ1) is 13.7. The second-order valence-electron chi connectivity index (χ2n) is 7.39. The Bertz CT molecular complexity index is 797. The zero-order valence-corrected chi connectivity index (χ0v) is 16.3. The van der Waals surface area contributed by atoms with E-state index in [0.29, 0.717) is 24.8 Å². The molecule has 7 nitrogen and oxygen atoms in total. The van der Waals surface area contributed by atoms with E-state index in [2.05, 4.69) is 32.3 Å². The average molecular weight is 381 g/mol. The van der Waals surface area contributed by atoms with Crippen LogP contribution < -0.4 is 15.0 Å². The standard InChI is InChI=1S/C21H27N5O2/c1-28-18-8-6-17(7-9-18)25-10-12-26(13-11-25)21(27)19-14-20(23-15-22-19)24-16-4-2-3-5-16/h6-9,14-16H,2-5,10-13H2,1H3,(H,22,23,24). The van der Waals surface area contributed by atoms with Crippen LogP contribution >= 0.6 is 0 Å². The van der Waals surface area contributed by atoms with Gasteiger partial charge in [0.25, 0.3) is 5.91 Å². The first kappa shape index (κ1) is 18.5. The molecule has 2 aliphatic rings. The summed E-state index contributed by atoms with van der Waals surface area (Å²) in [6, 6.07) is 10.3. The summed E-state index contributed by atoms with van der Waals surface area (Å²) in [5.74, 6) is 1.58. The van der Waals surface area contributed by atoms with Crippen molar-refractivity contribution in [2.75, 3.05) is 43.5 Å². The van der Waals surface area contributed by atoms with Crippen molar-refractivity contribution < 1.29 is 9.53 Å². The first-order valence-corrected chi connectivity index (χ1v) is 10.00. The third-order valence-electron chi connectivity index (χ3n) is 5.60. The van der Waals surface area contributed by atoms with Crippen molar-refractivity contribution in [3.05, 3.63) is 42.4 Å². The summed E-state index contributed by atoms with van der Waals surface area (Å²) >= 11 is 0. The maximum absolute atomic E-state index is 12.9. The monoisotopic (exact) mass is 381 g/mol. The smallest absolute Gasteiger partial charge is 0.272 e. The van der Waals surface area contributed by atoms with E-state index in [-0.39, 0.29) is 5.91 Å². The SMILES string of the molecule is COc1ccc(N2CCN(C(=O)c3cc(NC4CCCC4)ncn3)CC2)cc1. The number of methoxy groups -OCH3 is 1. The van der Waals surface area contributed by atoms with Gasteiger partial charge in [-0.15, -0.1) is 0 Å². The molecule has 0 atom stereocenters. The zero-order valence-electron chi connectivity index (χ0n) is 16.3. The van der Waals surface area contributed by atoms with Crippen molar-refractivity contribution in [3.63, 3.8) is 0 Å². The van der Waals surface area contributed by atoms with Crippen LogP contribution in [0.5, 0.6) is 5.75 Å². The Morgan fingerprint density at radius 3 is 2.46 bits per heavy atom. The molecule has 7 heteroatoms. The van der Waals surface area contributed by atoms with Crippen molar-refractivity contribution in [2.24, 2.45) is 0 Å². The molecule has 1 aliphatic heterocycles. The Kier molecular flexibility index (Phi) is 5.60. The number of aromatic nitrogens is 2. The lowest BCUT2D eigenvalue weighted by atomic mass is 10.2. The number of nitrogens with one attached hydrogen (secondary N) is 1. The van der Waals surface area contributed by atoms with Crippen LogP contribution in [0.2, 0.25) is 0 Å². The minimum Gasteiger partial charge on any atom is -0.497 e. The van der Waals surface area contributed by atoms with E-state index in [9.17, 15) is 4.79 Å². The van der Waals surface area contributed by atoms with Crippen LogP contribution in [-0.4, -0.2) is 60.1 Å². The lowest BCUT2D eigenvalue weighted by Crippen LogP contribution is -2.49. The molecule has 0 bridgehead atoms. The van der Waals surface area contributed by atoms with E-state index in [1.165, 1.54) is 32.0 Å². The molecule has 1 amide bonds. The molecule has 1 saturated carbocycles. The Labute approximate surface area is 165 Å². The van der Waals surface area contributed by atoms with Crippen molar-refractivity contribution in [2.45, 2.75) is 31.7 Å². The molecular weight excluding hydrogens is 354 g/mol. The highest BCUT2D eigenvalue weighted by Gasteiger charge is 2.24.